The van der Waals surface area contributed by atoms with Crippen molar-refractivity contribution in [2.75, 3.05) is 0 Å². The molecule has 38 heavy (non-hydrogen) atoms. The van der Waals surface area contributed by atoms with Crippen molar-refractivity contribution in [1.82, 2.24) is 19.3 Å². The Morgan fingerprint density at radius 1 is 1.11 bits per heavy atom. The van der Waals surface area contributed by atoms with Crippen LogP contribution in [0.2, 0.25) is 0 Å². The first kappa shape index (κ1) is 25.5. The molecule has 0 unspecified atom stereocenters. The Bertz CT molecular complexity index is 1610. The zero-order valence-electron chi connectivity index (χ0n) is 21.4. The molecular weight excluding hydrogens is 490 g/mol. The number of fused-ring (bicyclic) bond motifs is 1. The predicted octanol–water partition coefficient (Wildman–Crippen LogP) is 5.10. The Labute approximate surface area is 218 Å². The van der Waals surface area contributed by atoms with Gasteiger partial charge in [-0.25, -0.2) is 9.97 Å². The van der Waals surface area contributed by atoms with E-state index in [1.54, 1.807) is 56.2 Å². The normalized spacial score (nSPS) is 13.5. The van der Waals surface area contributed by atoms with Gasteiger partial charge in [-0.15, -0.1) is 0 Å². The lowest BCUT2D eigenvalue weighted by Crippen LogP contribution is -2.20. The van der Waals surface area contributed by atoms with E-state index < -0.39 is 12.2 Å². The lowest BCUT2D eigenvalue weighted by Gasteiger charge is -2.16. The molecule has 1 N–H and O–H groups in total. The van der Waals surface area contributed by atoms with E-state index in [9.17, 15) is 18.7 Å². The van der Waals surface area contributed by atoms with E-state index in [0.29, 0.717) is 34.3 Å². The van der Waals surface area contributed by atoms with Gasteiger partial charge in [0, 0.05) is 30.6 Å². The second-order valence-electron chi connectivity index (χ2n) is 9.93. The molecule has 1 aliphatic rings. The van der Waals surface area contributed by atoms with Gasteiger partial charge < -0.3 is 9.84 Å². The highest BCUT2D eigenvalue weighted by atomic mass is 19.3. The highest BCUT2D eigenvalue weighted by molar-refractivity contribution is 5.84. The van der Waals surface area contributed by atoms with Gasteiger partial charge in [-0.05, 0) is 62.1 Å². The van der Waals surface area contributed by atoms with Crippen LogP contribution in [0.4, 0.5) is 8.78 Å². The highest BCUT2D eigenvalue weighted by Crippen LogP contribution is 2.28. The number of nitrogens with zero attached hydrogens (tertiary/aromatic N) is 4. The van der Waals surface area contributed by atoms with E-state index in [-0.39, 0.29) is 17.9 Å². The Morgan fingerprint density at radius 2 is 1.87 bits per heavy atom. The largest absolute Gasteiger partial charge is 0.434 e. The topological polar surface area (TPSA) is 82.2 Å². The third kappa shape index (κ3) is 5.15. The summed E-state index contributed by atoms with van der Waals surface area (Å²) in [7, 11) is 1.65. The van der Waals surface area contributed by atoms with Gasteiger partial charge in [0.05, 0.1) is 17.4 Å². The summed E-state index contributed by atoms with van der Waals surface area (Å²) in [5.41, 5.74) is 3.52. The minimum Gasteiger partial charge on any atom is -0.434 e. The Morgan fingerprint density at radius 3 is 2.53 bits per heavy atom. The number of benzene rings is 2. The molecule has 9 heteroatoms. The number of alkyl halides is 2. The fraction of sp³-hybridized carbons (Fsp3) is 0.276. The van der Waals surface area contributed by atoms with E-state index in [4.69, 9.17) is 4.74 Å². The van der Waals surface area contributed by atoms with Crippen molar-refractivity contribution in [3.05, 3.63) is 99.9 Å². The van der Waals surface area contributed by atoms with Crippen LogP contribution < -0.4 is 10.3 Å². The minimum absolute atomic E-state index is 0.0725. The molecule has 196 valence electrons. The molecule has 1 aliphatic carbocycles. The summed E-state index contributed by atoms with van der Waals surface area (Å²) in [6.45, 7) is 0.406. The average molecular weight is 519 g/mol. The number of aromatic nitrogens is 4. The van der Waals surface area contributed by atoms with Gasteiger partial charge in [-0.3, -0.25) is 14.2 Å². The van der Waals surface area contributed by atoms with Gasteiger partial charge in [-0.2, -0.15) is 8.78 Å². The molecule has 0 fully saturated rings. The summed E-state index contributed by atoms with van der Waals surface area (Å²) in [5.74, 6) is 0.373. The van der Waals surface area contributed by atoms with E-state index >= 15 is 0 Å². The van der Waals surface area contributed by atoms with E-state index in [0.717, 1.165) is 17.5 Å². The maximum absolute atomic E-state index is 13.2. The number of aliphatic hydroxyl groups is 1. The summed E-state index contributed by atoms with van der Waals surface area (Å²) < 4.78 is 34.5. The van der Waals surface area contributed by atoms with Gasteiger partial charge in [0.15, 0.2) is 5.82 Å². The summed E-state index contributed by atoms with van der Waals surface area (Å²) in [5, 5.41) is 10.6. The van der Waals surface area contributed by atoms with Gasteiger partial charge in [-0.1, -0.05) is 35.9 Å². The predicted molar refractivity (Wildman–Crippen MR) is 141 cm³/mol. The molecule has 5 rings (SSSR count). The maximum Gasteiger partial charge on any atom is 0.387 e. The standard InChI is InChI=1S/C29H28F2N4O3/c1-29(2,37)27-32-15-22(16-33-27)20-9-10-23-24(14-20)35(34(3)26(23)36)17-21-13-19(12-18-6-4-5-7-18)8-11-25(21)38-28(30)31/h4-6,8-11,13-16,28,37H,7,12,17H2,1-3H3. The van der Waals surface area contributed by atoms with Crippen LogP contribution in [0.25, 0.3) is 22.0 Å². The molecular formula is C29H28F2N4O3. The fourth-order valence-corrected chi connectivity index (χ4v) is 4.66. The molecule has 7 nitrogen and oxygen atoms in total. The minimum atomic E-state index is -2.97. The monoisotopic (exact) mass is 518 g/mol. The van der Waals surface area contributed by atoms with Gasteiger partial charge in [0.25, 0.3) is 5.56 Å². The first-order valence-electron chi connectivity index (χ1n) is 12.3. The Kier molecular flexibility index (Phi) is 6.71. The van der Waals surface area contributed by atoms with E-state index in [1.807, 2.05) is 24.3 Å². The molecule has 0 atom stereocenters. The Hall–Kier alpha value is -4.11. The number of allylic oxidation sites excluding steroid dienone is 4. The van der Waals surface area contributed by atoms with Crippen molar-refractivity contribution in [3.63, 3.8) is 0 Å². The molecule has 0 amide bonds. The van der Waals surface area contributed by atoms with Gasteiger partial charge in [0.1, 0.15) is 11.4 Å². The van der Waals surface area contributed by atoms with Crippen LogP contribution in [0.3, 0.4) is 0 Å². The third-order valence-electron chi connectivity index (χ3n) is 6.63. The van der Waals surface area contributed by atoms with Crippen molar-refractivity contribution >= 4 is 10.9 Å². The van der Waals surface area contributed by atoms with Crippen molar-refractivity contribution < 1.29 is 18.6 Å². The zero-order chi connectivity index (χ0) is 27.0. The number of rotatable bonds is 8. The molecule has 0 radical (unpaired) electrons. The summed E-state index contributed by atoms with van der Waals surface area (Å²) >= 11 is 0. The first-order valence-corrected chi connectivity index (χ1v) is 12.3. The van der Waals surface area contributed by atoms with Gasteiger partial charge >= 0.3 is 6.61 Å². The smallest absolute Gasteiger partial charge is 0.387 e. The molecule has 2 aromatic heterocycles. The molecule has 0 saturated carbocycles. The van der Waals surface area contributed by atoms with Crippen LogP contribution in [0.15, 0.2) is 77.4 Å². The molecule has 0 spiro atoms. The molecule has 4 aromatic rings. The van der Waals surface area contributed by atoms with Crippen LogP contribution in [-0.2, 0) is 25.6 Å². The van der Waals surface area contributed by atoms with Crippen molar-refractivity contribution in [2.45, 2.75) is 45.4 Å². The van der Waals surface area contributed by atoms with Crippen LogP contribution >= 0.6 is 0 Å². The van der Waals surface area contributed by atoms with Crippen LogP contribution in [-0.4, -0.2) is 31.0 Å². The molecule has 0 bridgehead atoms. The van der Waals surface area contributed by atoms with Crippen molar-refractivity contribution in [2.24, 2.45) is 7.05 Å². The Balaban J connectivity index is 1.55. The van der Waals surface area contributed by atoms with E-state index in [1.165, 1.54) is 10.3 Å². The first-order chi connectivity index (χ1) is 18.1. The lowest BCUT2D eigenvalue weighted by atomic mass is 10.0. The number of hydrogen-bond acceptors (Lipinski definition) is 5. The van der Waals surface area contributed by atoms with Gasteiger partial charge in [0.2, 0.25) is 0 Å². The number of halogens is 2. The highest BCUT2D eigenvalue weighted by Gasteiger charge is 2.20. The van der Waals surface area contributed by atoms with Crippen LogP contribution in [0, 0.1) is 0 Å². The second-order valence-corrected chi connectivity index (χ2v) is 9.93. The maximum atomic E-state index is 13.2. The zero-order valence-corrected chi connectivity index (χ0v) is 21.4. The average Bonchev–Trinajstić information content (AvgIpc) is 3.47. The van der Waals surface area contributed by atoms with Crippen LogP contribution in [0.5, 0.6) is 5.75 Å². The fourth-order valence-electron chi connectivity index (χ4n) is 4.66. The molecule has 2 aromatic carbocycles. The SMILES string of the molecule is Cn1c(=O)c2ccc(-c3cnc(C(C)(C)O)nc3)cc2n1Cc1cc(CC2=CC=CC2)ccc1OC(F)F. The second kappa shape index (κ2) is 9.98. The summed E-state index contributed by atoms with van der Waals surface area (Å²) in [6, 6.07) is 10.6. The van der Waals surface area contributed by atoms with Crippen molar-refractivity contribution in [1.29, 1.82) is 0 Å². The molecule has 2 heterocycles. The molecule has 0 aliphatic heterocycles. The number of ether oxygens (including phenoxy) is 1. The molecule has 0 saturated heterocycles. The third-order valence-corrected chi connectivity index (χ3v) is 6.63. The lowest BCUT2D eigenvalue weighted by molar-refractivity contribution is -0.0505. The number of hydrogen-bond donors (Lipinski definition) is 1. The summed E-state index contributed by atoms with van der Waals surface area (Å²) in [4.78, 5) is 21.6. The van der Waals surface area contributed by atoms with E-state index in [2.05, 4.69) is 22.1 Å². The summed E-state index contributed by atoms with van der Waals surface area (Å²) in [6.07, 6.45) is 11.0. The van der Waals surface area contributed by atoms with Crippen LogP contribution in [0.1, 0.15) is 37.2 Å². The quantitative estimate of drug-likeness (QED) is 0.351. The van der Waals surface area contributed by atoms with Crippen molar-refractivity contribution in [3.8, 4) is 16.9 Å².